The SMILES string of the molecule is O=C(Nc1nc(CCC(=O)N2CCN(c3ccccc3)CC2)cs1)c1ccc[nH]c1=O. The summed E-state index contributed by atoms with van der Waals surface area (Å²) in [5.41, 5.74) is 1.52. The molecule has 31 heavy (non-hydrogen) atoms. The fraction of sp³-hybridized carbons (Fsp3) is 0.273. The molecule has 1 saturated heterocycles. The van der Waals surface area contributed by atoms with Gasteiger partial charge in [0.1, 0.15) is 5.56 Å². The third-order valence-electron chi connectivity index (χ3n) is 5.18. The van der Waals surface area contributed by atoms with Crippen LogP contribution in [-0.2, 0) is 11.2 Å². The summed E-state index contributed by atoms with van der Waals surface area (Å²) in [6.45, 7) is 3.05. The Labute approximate surface area is 183 Å². The fourth-order valence-corrected chi connectivity index (χ4v) is 4.23. The summed E-state index contributed by atoms with van der Waals surface area (Å²) in [5, 5.41) is 4.87. The Morgan fingerprint density at radius 3 is 2.58 bits per heavy atom. The molecule has 8 nitrogen and oxygen atoms in total. The van der Waals surface area contributed by atoms with Crippen LogP contribution in [0.25, 0.3) is 0 Å². The molecule has 160 valence electrons. The number of nitrogens with zero attached hydrogens (tertiary/aromatic N) is 3. The fourth-order valence-electron chi connectivity index (χ4n) is 3.49. The van der Waals surface area contributed by atoms with Crippen molar-refractivity contribution in [1.29, 1.82) is 0 Å². The van der Waals surface area contributed by atoms with Crippen LogP contribution in [0.15, 0.2) is 58.8 Å². The first-order chi connectivity index (χ1) is 15.1. The first-order valence-electron chi connectivity index (χ1n) is 10.1. The normalized spacial score (nSPS) is 13.8. The molecule has 0 radical (unpaired) electrons. The van der Waals surface area contributed by atoms with Crippen LogP contribution in [0.2, 0.25) is 0 Å². The molecular weight excluding hydrogens is 414 g/mol. The second kappa shape index (κ2) is 9.57. The molecule has 1 fully saturated rings. The second-order valence-electron chi connectivity index (χ2n) is 7.21. The van der Waals surface area contributed by atoms with E-state index in [9.17, 15) is 14.4 Å². The van der Waals surface area contributed by atoms with Gasteiger partial charge in [-0.1, -0.05) is 18.2 Å². The standard InChI is InChI=1S/C22H23N5O3S/c28-19(27-13-11-26(12-14-27)17-5-2-1-3-6-17)9-8-16-15-31-22(24-16)25-21(30)18-7-4-10-23-20(18)29/h1-7,10,15H,8-9,11-14H2,(H,23,29)(H,24,25,30). The minimum absolute atomic E-state index is 0.0315. The van der Waals surface area contributed by atoms with Crippen LogP contribution in [0.4, 0.5) is 10.8 Å². The topological polar surface area (TPSA) is 98.4 Å². The number of para-hydroxylation sites is 1. The lowest BCUT2D eigenvalue weighted by atomic mass is 10.2. The van der Waals surface area contributed by atoms with Gasteiger partial charge in [-0.25, -0.2) is 4.98 Å². The minimum atomic E-state index is -0.505. The maximum Gasteiger partial charge on any atom is 0.263 e. The van der Waals surface area contributed by atoms with Gasteiger partial charge in [0, 0.05) is 49.9 Å². The maximum absolute atomic E-state index is 12.6. The van der Waals surface area contributed by atoms with Crippen LogP contribution in [-0.4, -0.2) is 52.9 Å². The van der Waals surface area contributed by atoms with Gasteiger partial charge in [0.25, 0.3) is 11.5 Å². The van der Waals surface area contributed by atoms with Crippen molar-refractivity contribution in [3.8, 4) is 0 Å². The quantitative estimate of drug-likeness (QED) is 0.617. The van der Waals surface area contributed by atoms with Gasteiger partial charge < -0.3 is 14.8 Å². The monoisotopic (exact) mass is 437 g/mol. The number of nitrogens with one attached hydrogen (secondary N) is 2. The van der Waals surface area contributed by atoms with E-state index in [2.05, 4.69) is 32.3 Å². The molecule has 2 N–H and O–H groups in total. The summed E-state index contributed by atoms with van der Waals surface area (Å²) in [4.78, 5) is 47.5. The first-order valence-corrected chi connectivity index (χ1v) is 11.0. The number of benzene rings is 1. The average molecular weight is 438 g/mol. The Morgan fingerprint density at radius 1 is 1.06 bits per heavy atom. The van der Waals surface area contributed by atoms with E-state index in [1.807, 2.05) is 28.5 Å². The predicted octanol–water partition coefficient (Wildman–Crippen LogP) is 2.37. The van der Waals surface area contributed by atoms with Gasteiger partial charge in [-0.05, 0) is 30.7 Å². The van der Waals surface area contributed by atoms with Crippen LogP contribution in [0.3, 0.4) is 0 Å². The van der Waals surface area contributed by atoms with E-state index in [1.165, 1.54) is 29.3 Å². The van der Waals surface area contributed by atoms with Crippen LogP contribution in [0.1, 0.15) is 22.5 Å². The van der Waals surface area contributed by atoms with Crippen molar-refractivity contribution in [2.24, 2.45) is 0 Å². The van der Waals surface area contributed by atoms with E-state index >= 15 is 0 Å². The van der Waals surface area contributed by atoms with E-state index < -0.39 is 11.5 Å². The van der Waals surface area contributed by atoms with E-state index in [0.717, 1.165) is 18.8 Å². The van der Waals surface area contributed by atoms with Crippen molar-refractivity contribution in [2.45, 2.75) is 12.8 Å². The Balaban J connectivity index is 1.25. The van der Waals surface area contributed by atoms with Crippen molar-refractivity contribution in [1.82, 2.24) is 14.9 Å². The molecule has 3 heterocycles. The number of amides is 2. The number of carbonyl (C=O) groups excluding carboxylic acids is 2. The second-order valence-corrected chi connectivity index (χ2v) is 8.07. The Bertz CT molecular complexity index is 1100. The lowest BCUT2D eigenvalue weighted by molar-refractivity contribution is -0.131. The lowest BCUT2D eigenvalue weighted by Gasteiger charge is -2.36. The number of aromatic amines is 1. The van der Waals surface area contributed by atoms with Gasteiger partial charge in [0.05, 0.1) is 5.69 Å². The van der Waals surface area contributed by atoms with Crippen LogP contribution < -0.4 is 15.8 Å². The highest BCUT2D eigenvalue weighted by Gasteiger charge is 2.21. The number of hydrogen-bond donors (Lipinski definition) is 2. The Morgan fingerprint density at radius 2 is 1.84 bits per heavy atom. The van der Waals surface area contributed by atoms with Gasteiger partial charge in [-0.2, -0.15) is 0 Å². The van der Waals surface area contributed by atoms with Gasteiger partial charge in [0.2, 0.25) is 5.91 Å². The first kappa shape index (κ1) is 20.8. The smallest absolute Gasteiger partial charge is 0.263 e. The summed E-state index contributed by atoms with van der Waals surface area (Å²) in [7, 11) is 0. The summed E-state index contributed by atoms with van der Waals surface area (Å²) in [6.07, 6.45) is 2.36. The highest BCUT2D eigenvalue weighted by Crippen LogP contribution is 2.19. The number of anilines is 2. The molecule has 4 rings (SSSR count). The summed E-state index contributed by atoms with van der Waals surface area (Å²) < 4.78 is 0. The molecule has 0 bridgehead atoms. The molecule has 0 saturated carbocycles. The summed E-state index contributed by atoms with van der Waals surface area (Å²) in [5.74, 6) is -0.391. The zero-order valence-electron chi connectivity index (χ0n) is 16.9. The third-order valence-corrected chi connectivity index (χ3v) is 5.99. The molecule has 1 aliphatic heterocycles. The molecule has 3 aromatic rings. The van der Waals surface area contributed by atoms with Gasteiger partial charge in [-0.3, -0.25) is 19.7 Å². The number of rotatable bonds is 6. The number of aryl methyl sites for hydroxylation is 1. The Hall–Kier alpha value is -3.46. The zero-order valence-corrected chi connectivity index (χ0v) is 17.7. The summed E-state index contributed by atoms with van der Waals surface area (Å²) in [6, 6.07) is 13.3. The van der Waals surface area contributed by atoms with Crippen LogP contribution >= 0.6 is 11.3 Å². The van der Waals surface area contributed by atoms with E-state index in [-0.39, 0.29) is 11.5 Å². The molecule has 0 spiro atoms. The van der Waals surface area contributed by atoms with Gasteiger partial charge >= 0.3 is 0 Å². The van der Waals surface area contributed by atoms with Gasteiger partial charge in [-0.15, -0.1) is 11.3 Å². The van der Waals surface area contributed by atoms with E-state index in [4.69, 9.17) is 0 Å². The largest absolute Gasteiger partial charge is 0.368 e. The molecule has 1 aliphatic rings. The number of carbonyl (C=O) groups is 2. The minimum Gasteiger partial charge on any atom is -0.368 e. The van der Waals surface area contributed by atoms with Crippen molar-refractivity contribution in [3.63, 3.8) is 0 Å². The van der Waals surface area contributed by atoms with E-state index in [1.54, 1.807) is 6.07 Å². The number of piperazine rings is 1. The van der Waals surface area contributed by atoms with Crippen molar-refractivity contribution in [3.05, 3.63) is 75.7 Å². The number of hydrogen-bond acceptors (Lipinski definition) is 6. The summed E-state index contributed by atoms with van der Waals surface area (Å²) >= 11 is 1.28. The molecule has 0 aliphatic carbocycles. The van der Waals surface area contributed by atoms with E-state index in [0.29, 0.717) is 31.1 Å². The highest BCUT2D eigenvalue weighted by atomic mass is 32.1. The molecule has 2 amide bonds. The van der Waals surface area contributed by atoms with Crippen molar-refractivity contribution in [2.75, 3.05) is 36.4 Å². The number of H-pyrrole nitrogens is 1. The third kappa shape index (κ3) is 5.18. The lowest BCUT2D eigenvalue weighted by Crippen LogP contribution is -2.48. The van der Waals surface area contributed by atoms with Crippen molar-refractivity contribution >= 4 is 34.0 Å². The number of pyridine rings is 1. The highest BCUT2D eigenvalue weighted by molar-refractivity contribution is 7.14. The molecule has 2 aromatic heterocycles. The number of thiazole rings is 1. The average Bonchev–Trinajstić information content (AvgIpc) is 3.25. The van der Waals surface area contributed by atoms with Crippen LogP contribution in [0.5, 0.6) is 0 Å². The van der Waals surface area contributed by atoms with Gasteiger partial charge in [0.15, 0.2) is 5.13 Å². The zero-order chi connectivity index (χ0) is 21.6. The molecular formula is C22H23N5O3S. The molecule has 1 aromatic carbocycles. The number of aromatic nitrogens is 2. The Kier molecular flexibility index (Phi) is 6.42. The molecule has 0 atom stereocenters. The molecule has 0 unspecified atom stereocenters. The van der Waals surface area contributed by atoms with Crippen molar-refractivity contribution < 1.29 is 9.59 Å². The van der Waals surface area contributed by atoms with Crippen LogP contribution in [0, 0.1) is 0 Å². The predicted molar refractivity (Wildman–Crippen MR) is 121 cm³/mol. The molecule has 9 heteroatoms. The maximum atomic E-state index is 12.6.